The van der Waals surface area contributed by atoms with E-state index in [0.29, 0.717) is 53.1 Å². The average Bonchev–Trinajstić information content (AvgIpc) is 3.40. The number of amides is 2. The van der Waals surface area contributed by atoms with Crippen molar-refractivity contribution in [3.05, 3.63) is 42.0 Å². The molecular weight excluding hydrogens is 569 g/mol. The smallest absolute Gasteiger partial charge is 0.407 e. The summed E-state index contributed by atoms with van der Waals surface area (Å²) in [5.41, 5.74) is 2.38. The molecule has 13 heteroatoms. The van der Waals surface area contributed by atoms with E-state index in [0.717, 1.165) is 11.4 Å². The van der Waals surface area contributed by atoms with Gasteiger partial charge in [-0.05, 0) is 57.9 Å². The Morgan fingerprint density at radius 2 is 1.86 bits per heavy atom. The summed E-state index contributed by atoms with van der Waals surface area (Å²) in [6.45, 7) is 13.2. The Labute approximate surface area is 251 Å². The molecule has 1 aliphatic rings. The van der Waals surface area contributed by atoms with Crippen LogP contribution in [0.25, 0.3) is 33.5 Å². The maximum Gasteiger partial charge on any atom is 0.407 e. The third-order valence-corrected chi connectivity index (χ3v) is 8.99. The topological polar surface area (TPSA) is 125 Å². The van der Waals surface area contributed by atoms with Gasteiger partial charge in [0.15, 0.2) is 5.65 Å². The maximum atomic E-state index is 13.9. The van der Waals surface area contributed by atoms with Crippen LogP contribution < -0.4 is 10.6 Å². The van der Waals surface area contributed by atoms with E-state index in [9.17, 15) is 14.0 Å². The zero-order valence-corrected chi connectivity index (χ0v) is 26.8. The van der Waals surface area contributed by atoms with Crippen LogP contribution in [0.2, 0.25) is 25.7 Å². The monoisotopic (exact) mass is 609 g/mol. The molecule has 2 N–H and O–H groups in total. The Morgan fingerprint density at radius 3 is 2.56 bits per heavy atom. The van der Waals surface area contributed by atoms with Crippen LogP contribution in [0.3, 0.4) is 0 Å². The predicted molar refractivity (Wildman–Crippen MR) is 165 cm³/mol. The number of ether oxygens (including phenoxy) is 2. The summed E-state index contributed by atoms with van der Waals surface area (Å²) in [7, 11) is 0.476. The Balaban J connectivity index is 1.38. The fourth-order valence-corrected chi connectivity index (χ4v) is 5.74. The van der Waals surface area contributed by atoms with Crippen molar-refractivity contribution >= 4 is 42.1 Å². The highest BCUT2D eigenvalue weighted by Gasteiger charge is 2.33. The molecule has 230 valence electrons. The van der Waals surface area contributed by atoms with Crippen LogP contribution in [-0.2, 0) is 23.3 Å². The molecule has 0 spiro atoms. The second-order valence-corrected chi connectivity index (χ2v) is 19.0. The molecule has 0 atom stereocenters. The predicted octanol–water partition coefficient (Wildman–Crippen LogP) is 5.22. The normalized spacial score (nSPS) is 17.2. The van der Waals surface area contributed by atoms with Gasteiger partial charge in [-0.1, -0.05) is 19.6 Å². The molecule has 0 saturated heterocycles. The van der Waals surface area contributed by atoms with Gasteiger partial charge in [0, 0.05) is 45.4 Å². The van der Waals surface area contributed by atoms with Crippen LogP contribution >= 0.6 is 0 Å². The molecule has 5 rings (SSSR count). The summed E-state index contributed by atoms with van der Waals surface area (Å²) >= 11 is 0. The first-order chi connectivity index (χ1) is 20.2. The van der Waals surface area contributed by atoms with Crippen molar-refractivity contribution in [2.45, 2.75) is 83.7 Å². The van der Waals surface area contributed by atoms with Crippen LogP contribution in [0.4, 0.5) is 9.18 Å². The number of aryl methyl sites for hydroxylation is 1. The van der Waals surface area contributed by atoms with Crippen LogP contribution in [0.5, 0.6) is 0 Å². The lowest BCUT2D eigenvalue weighted by molar-refractivity contribution is 0.0465. The highest BCUT2D eigenvalue weighted by Crippen LogP contribution is 2.29. The van der Waals surface area contributed by atoms with E-state index >= 15 is 0 Å². The van der Waals surface area contributed by atoms with E-state index in [4.69, 9.17) is 14.5 Å². The number of aromatic nitrogens is 5. The third-order valence-electron chi connectivity index (χ3n) is 7.29. The first-order valence-corrected chi connectivity index (χ1v) is 18.2. The van der Waals surface area contributed by atoms with E-state index in [1.165, 1.54) is 12.1 Å². The minimum atomic E-state index is -1.27. The van der Waals surface area contributed by atoms with Gasteiger partial charge in [0.2, 0.25) is 0 Å². The molecule has 1 saturated carbocycles. The molecule has 1 fully saturated rings. The quantitative estimate of drug-likeness (QED) is 0.197. The minimum absolute atomic E-state index is 0.0741. The van der Waals surface area contributed by atoms with Crippen molar-refractivity contribution < 1.29 is 23.5 Å². The van der Waals surface area contributed by atoms with E-state index in [1.54, 1.807) is 34.8 Å². The van der Waals surface area contributed by atoms with Gasteiger partial charge in [-0.3, -0.25) is 9.48 Å². The molecule has 0 radical (unpaired) electrons. The lowest BCUT2D eigenvalue weighted by atomic mass is 9.86. The van der Waals surface area contributed by atoms with Gasteiger partial charge in [-0.15, -0.1) is 0 Å². The maximum absolute atomic E-state index is 13.9. The van der Waals surface area contributed by atoms with Crippen molar-refractivity contribution in [3.63, 3.8) is 0 Å². The standard InChI is InChI=1S/C30H40FN7O4Si/c1-30(2,3)42-29(40)34-20-13-19(14-20)33-28(39)22-16-38(17-41-10-11-43(5,6)7)27-26(22)35-23(15-32-27)25-21-9-8-18(31)12-24(21)37(4)36-25/h8-9,12,15-16,19-20H,10-11,13-14,17H2,1-7H3,(H,33,39)(H,34,40)/t19-,20+. The molecule has 43 heavy (non-hydrogen) atoms. The fourth-order valence-electron chi connectivity index (χ4n) is 4.98. The average molecular weight is 610 g/mol. The summed E-state index contributed by atoms with van der Waals surface area (Å²) in [6, 6.07) is 5.31. The lowest BCUT2D eigenvalue weighted by Gasteiger charge is -2.36. The first-order valence-electron chi connectivity index (χ1n) is 14.5. The summed E-state index contributed by atoms with van der Waals surface area (Å²) in [5, 5.41) is 11.2. The summed E-state index contributed by atoms with van der Waals surface area (Å²) in [5.74, 6) is -0.640. The van der Waals surface area contributed by atoms with Crippen molar-refractivity contribution in [1.82, 2.24) is 34.9 Å². The first kappa shape index (κ1) is 30.6. The zero-order valence-electron chi connectivity index (χ0n) is 25.8. The second-order valence-electron chi connectivity index (χ2n) is 13.4. The number of fused-ring (bicyclic) bond motifs is 2. The van der Waals surface area contributed by atoms with E-state index in [-0.39, 0.29) is 30.5 Å². The SMILES string of the molecule is Cn1nc(-c2cnc3c(n2)c(C(=O)N[C@H]2C[C@@H](NC(=O)OC(C)(C)C)C2)cn3COCC[Si](C)(C)C)c2ccc(F)cc21. The summed E-state index contributed by atoms with van der Waals surface area (Å²) < 4.78 is 28.6. The van der Waals surface area contributed by atoms with Crippen molar-refractivity contribution in [2.75, 3.05) is 6.61 Å². The van der Waals surface area contributed by atoms with Crippen molar-refractivity contribution in [2.24, 2.45) is 7.05 Å². The van der Waals surface area contributed by atoms with Crippen LogP contribution in [0.1, 0.15) is 44.0 Å². The number of hydrogen-bond donors (Lipinski definition) is 2. The number of hydrogen-bond acceptors (Lipinski definition) is 7. The Kier molecular flexibility index (Phi) is 8.31. The number of nitrogens with zero attached hydrogens (tertiary/aromatic N) is 5. The number of carbonyl (C=O) groups is 2. The summed E-state index contributed by atoms with van der Waals surface area (Å²) in [6.07, 6.45) is 4.06. The van der Waals surface area contributed by atoms with Gasteiger partial charge in [0.05, 0.1) is 17.3 Å². The molecule has 4 aromatic rings. The molecule has 3 heterocycles. The largest absolute Gasteiger partial charge is 0.444 e. The van der Waals surface area contributed by atoms with E-state index in [2.05, 4.69) is 40.4 Å². The Hall–Kier alpha value is -3.84. The molecule has 1 aliphatic carbocycles. The highest BCUT2D eigenvalue weighted by molar-refractivity contribution is 6.76. The minimum Gasteiger partial charge on any atom is -0.444 e. The molecular formula is C30H40FN7O4Si. The second kappa shape index (κ2) is 11.7. The Morgan fingerprint density at radius 1 is 1.14 bits per heavy atom. The molecule has 11 nitrogen and oxygen atoms in total. The van der Waals surface area contributed by atoms with Crippen LogP contribution in [0.15, 0.2) is 30.6 Å². The van der Waals surface area contributed by atoms with Gasteiger partial charge in [0.1, 0.15) is 35.1 Å². The van der Waals surface area contributed by atoms with Crippen LogP contribution in [0, 0.1) is 5.82 Å². The lowest BCUT2D eigenvalue weighted by Crippen LogP contribution is -2.54. The summed E-state index contributed by atoms with van der Waals surface area (Å²) in [4.78, 5) is 35.2. The van der Waals surface area contributed by atoms with Crippen molar-refractivity contribution in [3.8, 4) is 11.4 Å². The van der Waals surface area contributed by atoms with Gasteiger partial charge in [0.25, 0.3) is 5.91 Å². The number of halogens is 1. The fraction of sp³-hybridized carbons (Fsp3) is 0.500. The van der Waals surface area contributed by atoms with Gasteiger partial charge in [-0.2, -0.15) is 5.10 Å². The number of carbonyl (C=O) groups excluding carboxylic acids is 2. The molecule has 1 aromatic carbocycles. The number of nitrogens with one attached hydrogen (secondary N) is 2. The highest BCUT2D eigenvalue weighted by atomic mass is 28.3. The molecule has 0 bridgehead atoms. The number of benzene rings is 1. The number of rotatable bonds is 9. The number of alkyl carbamates (subject to hydrolysis) is 1. The van der Waals surface area contributed by atoms with Gasteiger partial charge in [-0.25, -0.2) is 19.2 Å². The van der Waals surface area contributed by atoms with E-state index < -0.39 is 19.8 Å². The van der Waals surface area contributed by atoms with Gasteiger partial charge >= 0.3 is 6.09 Å². The molecule has 0 unspecified atom stereocenters. The van der Waals surface area contributed by atoms with E-state index in [1.807, 2.05) is 20.8 Å². The third kappa shape index (κ3) is 7.21. The van der Waals surface area contributed by atoms with Crippen molar-refractivity contribution in [1.29, 1.82) is 0 Å². The van der Waals surface area contributed by atoms with Gasteiger partial charge < -0.3 is 24.7 Å². The Bertz CT molecular complexity index is 1660. The van der Waals surface area contributed by atoms with Crippen LogP contribution in [-0.4, -0.2) is 68.7 Å². The molecule has 0 aliphatic heterocycles. The molecule has 2 amide bonds. The zero-order chi connectivity index (χ0) is 31.1. The molecule has 3 aromatic heterocycles.